The van der Waals surface area contributed by atoms with Gasteiger partial charge in [0.15, 0.2) is 0 Å². The molecule has 0 spiro atoms. The van der Waals surface area contributed by atoms with Crippen LogP contribution in [0.15, 0.2) is 22.9 Å². The molecule has 1 N–H and O–H groups in total. The minimum Gasteiger partial charge on any atom is -0.477 e. The fourth-order valence-electron chi connectivity index (χ4n) is 1.57. The normalized spacial score (nSPS) is 11.7. The van der Waals surface area contributed by atoms with E-state index in [9.17, 15) is 13.2 Å². The van der Waals surface area contributed by atoms with E-state index in [1.807, 2.05) is 0 Å². The molecule has 0 aliphatic heterocycles. The number of sulfonamides is 1. The van der Waals surface area contributed by atoms with Gasteiger partial charge in [0.2, 0.25) is 10.0 Å². The number of hydrogen-bond acceptors (Lipinski definition) is 4. The Bertz CT molecular complexity index is 560. The molecule has 0 fully saturated rings. The lowest BCUT2D eigenvalue weighted by molar-refractivity contribution is 0.0698. The third-order valence-corrected chi connectivity index (χ3v) is 5.74. The molecule has 5 nitrogen and oxygen atoms in total. The Labute approximate surface area is 110 Å². The lowest BCUT2D eigenvalue weighted by Crippen LogP contribution is -2.32. The summed E-state index contributed by atoms with van der Waals surface area (Å²) in [5, 5.41) is 10.6. The van der Waals surface area contributed by atoms with Gasteiger partial charge in [-0.05, 0) is 17.9 Å². The third-order valence-electron chi connectivity index (χ3n) is 2.40. The molecular weight excluding hydrogens is 274 g/mol. The van der Waals surface area contributed by atoms with Crippen LogP contribution < -0.4 is 0 Å². The molecule has 1 rings (SSSR count). The lowest BCUT2D eigenvalue weighted by atomic mass is 10.3. The van der Waals surface area contributed by atoms with E-state index in [1.165, 1.54) is 15.8 Å². The van der Waals surface area contributed by atoms with E-state index in [-0.39, 0.29) is 22.9 Å². The topological polar surface area (TPSA) is 74.7 Å². The van der Waals surface area contributed by atoms with Crippen LogP contribution in [0.3, 0.4) is 0 Å². The average Bonchev–Trinajstić information content (AvgIpc) is 2.68. The first-order chi connectivity index (χ1) is 8.36. The SMILES string of the molecule is C=CCN(CC)S(=O)(=O)c1c(C)csc1C(=O)O. The summed E-state index contributed by atoms with van der Waals surface area (Å²) in [5.41, 5.74) is 0.458. The number of carboxylic acid groups (broad SMARTS) is 1. The first-order valence-corrected chi connectivity index (χ1v) is 7.60. The van der Waals surface area contributed by atoms with Crippen molar-refractivity contribution in [3.63, 3.8) is 0 Å². The zero-order valence-electron chi connectivity index (χ0n) is 10.2. The van der Waals surface area contributed by atoms with Gasteiger partial charge in [-0.25, -0.2) is 13.2 Å². The fourth-order valence-corrected chi connectivity index (χ4v) is 4.58. The second kappa shape index (κ2) is 5.64. The van der Waals surface area contributed by atoms with Crippen LogP contribution in [0.4, 0.5) is 0 Å². The van der Waals surface area contributed by atoms with E-state index >= 15 is 0 Å². The molecule has 0 bridgehead atoms. The second-order valence-corrected chi connectivity index (χ2v) is 6.38. The smallest absolute Gasteiger partial charge is 0.347 e. The van der Waals surface area contributed by atoms with Gasteiger partial charge >= 0.3 is 5.97 Å². The van der Waals surface area contributed by atoms with Gasteiger partial charge in [-0.1, -0.05) is 13.0 Å². The van der Waals surface area contributed by atoms with Crippen molar-refractivity contribution in [2.24, 2.45) is 0 Å². The maximum atomic E-state index is 12.4. The van der Waals surface area contributed by atoms with Crippen molar-refractivity contribution in [1.29, 1.82) is 0 Å². The highest BCUT2D eigenvalue weighted by Crippen LogP contribution is 2.29. The molecule has 7 heteroatoms. The molecule has 0 unspecified atom stereocenters. The van der Waals surface area contributed by atoms with E-state index in [4.69, 9.17) is 5.11 Å². The van der Waals surface area contributed by atoms with Crippen LogP contribution in [-0.2, 0) is 10.0 Å². The zero-order chi connectivity index (χ0) is 13.9. The first-order valence-electron chi connectivity index (χ1n) is 5.28. The fraction of sp³-hybridized carbons (Fsp3) is 0.364. The molecule has 1 heterocycles. The van der Waals surface area contributed by atoms with E-state index in [1.54, 1.807) is 13.8 Å². The van der Waals surface area contributed by atoms with Crippen molar-refractivity contribution >= 4 is 27.3 Å². The molecule has 0 radical (unpaired) electrons. The Hall–Kier alpha value is -1.18. The Morgan fingerprint density at radius 2 is 2.22 bits per heavy atom. The number of aromatic carboxylic acids is 1. The summed E-state index contributed by atoms with van der Waals surface area (Å²) in [6.45, 7) is 7.22. The van der Waals surface area contributed by atoms with Crippen LogP contribution in [0.25, 0.3) is 0 Å². The largest absolute Gasteiger partial charge is 0.477 e. The van der Waals surface area contributed by atoms with E-state index in [0.29, 0.717) is 5.56 Å². The number of carboxylic acids is 1. The quantitative estimate of drug-likeness (QED) is 0.812. The van der Waals surface area contributed by atoms with Crippen LogP contribution in [0.2, 0.25) is 0 Å². The standard InChI is InChI=1S/C11H15NO4S2/c1-4-6-12(5-2)18(15,16)10-8(3)7-17-9(10)11(13)14/h4,7H,1,5-6H2,2-3H3,(H,13,14). The summed E-state index contributed by atoms with van der Waals surface area (Å²) in [6.07, 6.45) is 1.48. The number of carbonyl (C=O) groups is 1. The zero-order valence-corrected chi connectivity index (χ0v) is 11.8. The predicted octanol–water partition coefficient (Wildman–Crippen LogP) is 1.95. The van der Waals surface area contributed by atoms with Crippen LogP contribution in [0.5, 0.6) is 0 Å². The van der Waals surface area contributed by atoms with E-state index in [0.717, 1.165) is 11.3 Å². The molecule has 0 aliphatic carbocycles. The van der Waals surface area contributed by atoms with Gasteiger partial charge in [0.05, 0.1) is 0 Å². The van der Waals surface area contributed by atoms with Crippen molar-refractivity contribution < 1.29 is 18.3 Å². The predicted molar refractivity (Wildman–Crippen MR) is 70.6 cm³/mol. The van der Waals surface area contributed by atoms with Gasteiger partial charge in [-0.3, -0.25) is 0 Å². The Morgan fingerprint density at radius 3 is 2.67 bits per heavy atom. The molecule has 1 aromatic rings. The minimum atomic E-state index is -3.78. The van der Waals surface area contributed by atoms with Crippen molar-refractivity contribution in [3.8, 4) is 0 Å². The molecular formula is C11H15NO4S2. The number of aryl methyl sites for hydroxylation is 1. The second-order valence-electron chi connectivity index (χ2n) is 3.63. The maximum absolute atomic E-state index is 12.4. The summed E-state index contributed by atoms with van der Waals surface area (Å²) in [6, 6.07) is 0. The molecule has 0 atom stereocenters. The summed E-state index contributed by atoms with van der Waals surface area (Å²) >= 11 is 0.926. The van der Waals surface area contributed by atoms with Crippen molar-refractivity contribution in [2.45, 2.75) is 18.7 Å². The van der Waals surface area contributed by atoms with Gasteiger partial charge in [-0.15, -0.1) is 17.9 Å². The molecule has 100 valence electrons. The van der Waals surface area contributed by atoms with Gasteiger partial charge in [0.1, 0.15) is 9.77 Å². The molecule has 0 aromatic carbocycles. The van der Waals surface area contributed by atoms with Crippen LogP contribution >= 0.6 is 11.3 Å². The summed E-state index contributed by atoms with van der Waals surface area (Å²) in [5.74, 6) is -1.22. The molecule has 1 aromatic heterocycles. The first kappa shape index (κ1) is 14.9. The molecule has 18 heavy (non-hydrogen) atoms. The molecule has 0 aliphatic rings. The Kier molecular flexibility index (Phi) is 4.66. The Balaban J connectivity index is 3.40. The monoisotopic (exact) mass is 289 g/mol. The summed E-state index contributed by atoms with van der Waals surface area (Å²) < 4.78 is 26.0. The minimum absolute atomic E-state index is 0.108. The van der Waals surface area contributed by atoms with Gasteiger partial charge < -0.3 is 5.11 Å². The van der Waals surface area contributed by atoms with Crippen molar-refractivity contribution in [1.82, 2.24) is 4.31 Å². The lowest BCUT2D eigenvalue weighted by Gasteiger charge is -2.19. The highest BCUT2D eigenvalue weighted by Gasteiger charge is 2.30. The van der Waals surface area contributed by atoms with Gasteiger partial charge in [0.25, 0.3) is 0 Å². The number of rotatable bonds is 6. The maximum Gasteiger partial charge on any atom is 0.347 e. The van der Waals surface area contributed by atoms with Gasteiger partial charge in [-0.2, -0.15) is 4.31 Å². The molecule has 0 saturated carbocycles. The van der Waals surface area contributed by atoms with Crippen molar-refractivity contribution in [3.05, 3.63) is 28.5 Å². The average molecular weight is 289 g/mol. The molecule has 0 amide bonds. The summed E-state index contributed by atoms with van der Waals surface area (Å²) in [4.78, 5) is 10.8. The number of thiophene rings is 1. The number of likely N-dealkylation sites (N-methyl/N-ethyl adjacent to an activating group) is 1. The van der Waals surface area contributed by atoms with E-state index in [2.05, 4.69) is 6.58 Å². The number of hydrogen-bond donors (Lipinski definition) is 1. The number of nitrogens with zero attached hydrogens (tertiary/aromatic N) is 1. The van der Waals surface area contributed by atoms with Crippen molar-refractivity contribution in [2.75, 3.05) is 13.1 Å². The Morgan fingerprint density at radius 1 is 1.61 bits per heavy atom. The van der Waals surface area contributed by atoms with E-state index < -0.39 is 16.0 Å². The third kappa shape index (κ3) is 2.63. The van der Waals surface area contributed by atoms with Crippen LogP contribution in [-0.4, -0.2) is 36.9 Å². The van der Waals surface area contributed by atoms with Gasteiger partial charge in [0, 0.05) is 13.1 Å². The van der Waals surface area contributed by atoms with Crippen LogP contribution in [0, 0.1) is 6.92 Å². The highest BCUT2D eigenvalue weighted by atomic mass is 32.2. The summed E-state index contributed by atoms with van der Waals surface area (Å²) in [7, 11) is -3.78. The van der Waals surface area contributed by atoms with Crippen LogP contribution in [0.1, 0.15) is 22.2 Å². The molecule has 0 saturated heterocycles. The highest BCUT2D eigenvalue weighted by molar-refractivity contribution is 7.89.